The third kappa shape index (κ3) is 5.76. The zero-order chi connectivity index (χ0) is 25.5. The number of carbonyl (C=O) groups excluding carboxylic acids is 2. The van der Waals surface area contributed by atoms with Crippen molar-refractivity contribution in [2.24, 2.45) is 0 Å². The van der Waals surface area contributed by atoms with Gasteiger partial charge < -0.3 is 4.74 Å². The summed E-state index contributed by atoms with van der Waals surface area (Å²) in [6, 6.07) is 24.2. The fraction of sp³-hybridized carbons (Fsp3) is 0.192. The van der Waals surface area contributed by atoms with Crippen LogP contribution in [0.2, 0.25) is 0 Å². The van der Waals surface area contributed by atoms with Crippen LogP contribution in [0.5, 0.6) is 0 Å². The Morgan fingerprint density at radius 3 is 2.44 bits per heavy atom. The number of benzene rings is 3. The Labute approximate surface area is 213 Å². The molecule has 0 fully saturated rings. The van der Waals surface area contributed by atoms with Gasteiger partial charge in [-0.1, -0.05) is 42.5 Å². The number of nitrogens with one attached hydrogen (secondary N) is 1. The minimum Gasteiger partial charge on any atom is -0.452 e. The molecule has 1 N–H and O–H groups in total. The summed E-state index contributed by atoms with van der Waals surface area (Å²) in [4.78, 5) is 28.5. The largest absolute Gasteiger partial charge is 0.452 e. The van der Waals surface area contributed by atoms with E-state index in [1.807, 2.05) is 60.7 Å². The first-order valence-electron chi connectivity index (χ1n) is 11.1. The van der Waals surface area contributed by atoms with Gasteiger partial charge in [0.1, 0.15) is 0 Å². The topological polar surface area (TPSA) is 117 Å². The zero-order valence-electron chi connectivity index (χ0n) is 19.2. The van der Waals surface area contributed by atoms with Gasteiger partial charge in [0, 0.05) is 23.6 Å². The van der Waals surface area contributed by atoms with Crippen molar-refractivity contribution in [3.63, 3.8) is 0 Å². The molecule has 0 aromatic heterocycles. The standard InChI is InChI=1S/C26H23N3O5S2/c27-15-6-16-28-36(32,33)21-13-11-20(12-14-21)26(31)34-17-25(30)29-22-9-4-5-10-24(22)35-18-23(29)19-7-2-1-3-8-19/h1-5,7-14,23,28H,6,16-18H2/t23-/m0/s1. The molecule has 1 aliphatic rings. The van der Waals surface area contributed by atoms with E-state index in [1.54, 1.807) is 16.7 Å². The lowest BCUT2D eigenvalue weighted by molar-refractivity contribution is -0.122. The number of rotatable bonds is 8. The van der Waals surface area contributed by atoms with Gasteiger partial charge in [0.05, 0.1) is 28.3 Å². The van der Waals surface area contributed by atoms with E-state index in [2.05, 4.69) is 4.72 Å². The van der Waals surface area contributed by atoms with Crippen LogP contribution in [0, 0.1) is 11.3 Å². The summed E-state index contributed by atoms with van der Waals surface area (Å²) in [6.45, 7) is -0.468. The third-order valence-electron chi connectivity index (χ3n) is 5.54. The van der Waals surface area contributed by atoms with E-state index in [1.165, 1.54) is 24.3 Å². The number of hydrogen-bond acceptors (Lipinski definition) is 7. The number of nitrogens with zero attached hydrogens (tertiary/aromatic N) is 2. The summed E-state index contributed by atoms with van der Waals surface area (Å²) in [5, 5.41) is 8.56. The fourth-order valence-electron chi connectivity index (χ4n) is 3.79. The number of amides is 1. The van der Waals surface area contributed by atoms with Gasteiger partial charge in [-0.05, 0) is 42.0 Å². The monoisotopic (exact) mass is 521 g/mol. The number of hydrogen-bond donors (Lipinski definition) is 1. The Balaban J connectivity index is 1.46. The Hall–Kier alpha value is -3.65. The highest BCUT2D eigenvalue weighted by Gasteiger charge is 2.33. The van der Waals surface area contributed by atoms with Crippen LogP contribution >= 0.6 is 11.8 Å². The maximum absolute atomic E-state index is 13.3. The summed E-state index contributed by atoms with van der Waals surface area (Å²) >= 11 is 1.67. The number of anilines is 1. The van der Waals surface area contributed by atoms with Gasteiger partial charge in [0.2, 0.25) is 10.0 Å². The molecule has 3 aromatic carbocycles. The van der Waals surface area contributed by atoms with Crippen molar-refractivity contribution < 1.29 is 22.7 Å². The molecule has 36 heavy (non-hydrogen) atoms. The maximum Gasteiger partial charge on any atom is 0.338 e. The molecule has 184 valence electrons. The number of thioether (sulfide) groups is 1. The number of fused-ring (bicyclic) bond motifs is 1. The van der Waals surface area contributed by atoms with E-state index in [4.69, 9.17) is 10.00 Å². The summed E-state index contributed by atoms with van der Waals surface area (Å²) in [5.41, 5.74) is 1.87. The first-order chi connectivity index (χ1) is 17.4. The molecule has 0 unspecified atom stereocenters. The van der Waals surface area contributed by atoms with E-state index >= 15 is 0 Å². The van der Waals surface area contributed by atoms with Crippen LogP contribution in [0.4, 0.5) is 5.69 Å². The normalized spacial score (nSPS) is 15.0. The SMILES string of the molecule is N#CCCNS(=O)(=O)c1ccc(C(=O)OCC(=O)N2c3ccccc3SC[C@H]2c2ccccc2)cc1. The molecule has 1 atom stereocenters. The predicted molar refractivity (Wildman–Crippen MR) is 136 cm³/mol. The van der Waals surface area contributed by atoms with Gasteiger partial charge in [-0.2, -0.15) is 5.26 Å². The lowest BCUT2D eigenvalue weighted by Gasteiger charge is -2.37. The maximum atomic E-state index is 13.3. The van der Waals surface area contributed by atoms with Gasteiger partial charge in [0.25, 0.3) is 5.91 Å². The molecule has 3 aromatic rings. The van der Waals surface area contributed by atoms with Crippen molar-refractivity contribution >= 4 is 39.3 Å². The number of carbonyl (C=O) groups is 2. The Morgan fingerprint density at radius 1 is 1.03 bits per heavy atom. The molecule has 0 saturated heterocycles. The van der Waals surface area contributed by atoms with E-state index in [0.717, 1.165) is 16.1 Å². The molecule has 8 nitrogen and oxygen atoms in total. The van der Waals surface area contributed by atoms with Gasteiger partial charge in [-0.15, -0.1) is 11.8 Å². The smallest absolute Gasteiger partial charge is 0.338 e. The number of ether oxygens (including phenoxy) is 1. The van der Waals surface area contributed by atoms with Crippen molar-refractivity contribution in [2.45, 2.75) is 22.3 Å². The third-order valence-corrected chi connectivity index (χ3v) is 8.16. The van der Waals surface area contributed by atoms with E-state index in [9.17, 15) is 18.0 Å². The predicted octanol–water partition coefficient (Wildman–Crippen LogP) is 3.92. The second kappa shape index (κ2) is 11.4. The lowest BCUT2D eigenvalue weighted by Crippen LogP contribution is -2.41. The number of esters is 1. The average molecular weight is 522 g/mol. The van der Waals surface area contributed by atoms with E-state index in [-0.39, 0.29) is 35.4 Å². The van der Waals surface area contributed by atoms with Crippen LogP contribution in [-0.4, -0.2) is 39.2 Å². The molecule has 0 spiro atoms. The van der Waals surface area contributed by atoms with Crippen molar-refractivity contribution in [1.29, 1.82) is 5.26 Å². The number of para-hydroxylation sites is 1. The highest BCUT2D eigenvalue weighted by molar-refractivity contribution is 7.99. The molecule has 10 heteroatoms. The van der Waals surface area contributed by atoms with Gasteiger partial charge in [-0.25, -0.2) is 17.9 Å². The van der Waals surface area contributed by atoms with Gasteiger partial charge in [-0.3, -0.25) is 9.69 Å². The summed E-state index contributed by atoms with van der Waals surface area (Å²) in [5.74, 6) is -0.425. The molecule has 1 heterocycles. The second-order valence-electron chi connectivity index (χ2n) is 7.88. The first-order valence-corrected chi connectivity index (χ1v) is 13.6. The molecule has 0 saturated carbocycles. The summed E-state index contributed by atoms with van der Waals surface area (Å²) in [7, 11) is -3.79. The lowest BCUT2D eigenvalue weighted by atomic mass is 10.1. The fourth-order valence-corrected chi connectivity index (χ4v) is 5.99. The van der Waals surface area contributed by atoms with Gasteiger partial charge in [0.15, 0.2) is 6.61 Å². The molecule has 0 radical (unpaired) electrons. The zero-order valence-corrected chi connectivity index (χ0v) is 20.8. The molecular weight excluding hydrogens is 498 g/mol. The first kappa shape index (κ1) is 25.4. The minimum atomic E-state index is -3.79. The Morgan fingerprint density at radius 2 is 1.72 bits per heavy atom. The minimum absolute atomic E-state index is 0.00709. The summed E-state index contributed by atoms with van der Waals surface area (Å²) in [6.07, 6.45) is 0.0446. The molecule has 4 rings (SSSR count). The van der Waals surface area contributed by atoms with Crippen LogP contribution < -0.4 is 9.62 Å². The number of sulfonamides is 1. The van der Waals surface area contributed by atoms with Crippen molar-refractivity contribution in [2.75, 3.05) is 23.8 Å². The van der Waals surface area contributed by atoms with Crippen LogP contribution in [0.3, 0.4) is 0 Å². The van der Waals surface area contributed by atoms with Crippen molar-refractivity contribution in [1.82, 2.24) is 4.72 Å². The quantitative estimate of drug-likeness (QED) is 0.353. The van der Waals surface area contributed by atoms with Crippen LogP contribution in [0.15, 0.2) is 88.7 Å². The summed E-state index contributed by atoms with van der Waals surface area (Å²) < 4.78 is 32.1. The van der Waals surface area contributed by atoms with Crippen molar-refractivity contribution in [3.8, 4) is 6.07 Å². The van der Waals surface area contributed by atoms with Gasteiger partial charge >= 0.3 is 5.97 Å². The van der Waals surface area contributed by atoms with E-state index in [0.29, 0.717) is 5.75 Å². The molecular formula is C26H23N3O5S2. The molecule has 0 bridgehead atoms. The van der Waals surface area contributed by atoms with E-state index < -0.39 is 22.6 Å². The Kier molecular flexibility index (Phi) is 8.05. The Bertz CT molecular complexity index is 1390. The molecule has 1 aliphatic heterocycles. The van der Waals surface area contributed by atoms with Crippen LogP contribution in [0.1, 0.15) is 28.4 Å². The number of nitriles is 1. The highest BCUT2D eigenvalue weighted by atomic mass is 32.2. The molecule has 0 aliphatic carbocycles. The second-order valence-corrected chi connectivity index (χ2v) is 10.7. The van der Waals surface area contributed by atoms with Crippen LogP contribution in [-0.2, 0) is 19.6 Å². The molecule has 1 amide bonds. The van der Waals surface area contributed by atoms with Crippen molar-refractivity contribution in [3.05, 3.63) is 90.0 Å². The highest BCUT2D eigenvalue weighted by Crippen LogP contribution is 2.43. The average Bonchev–Trinajstić information content (AvgIpc) is 2.91. The van der Waals surface area contributed by atoms with Crippen LogP contribution in [0.25, 0.3) is 0 Å².